The molecule has 4 N–H and O–H groups in total. The standard InChI is InChI=1S/C21H13FN2O7S.Na/c22-9-5-6-13(12(7-9)21(27)28)24-14-8-15(32(29,30)31)18(23)17-16(14)19(25)10-3-1-2-4-11(10)20(17)26;/h1-8,24H,23H2,(H,27,28)(H,29,30,31);/q;+1/p-1. The quantitative estimate of drug-likeness (QED) is 0.180. The average Bonchev–Trinajstić information content (AvgIpc) is 2.73. The second kappa shape index (κ2) is 8.69. The number of carbonyl (C=O) groups excluding carboxylic acids is 3. The Bertz CT molecular complexity index is 1470. The summed E-state index contributed by atoms with van der Waals surface area (Å²) in [5.74, 6) is -4.09. The smallest absolute Gasteiger partial charge is 0.545 e. The van der Waals surface area contributed by atoms with E-state index in [1.54, 1.807) is 0 Å². The Hall–Kier alpha value is -3.09. The van der Waals surface area contributed by atoms with Crippen LogP contribution in [0.5, 0.6) is 0 Å². The van der Waals surface area contributed by atoms with Gasteiger partial charge in [0.05, 0.1) is 28.5 Å². The molecular weight excluding hydrogens is 466 g/mol. The number of aromatic carboxylic acids is 1. The fraction of sp³-hybridized carbons (Fsp3) is 0. The van der Waals surface area contributed by atoms with Crippen molar-refractivity contribution in [3.8, 4) is 0 Å². The Morgan fingerprint density at radius 1 is 0.970 bits per heavy atom. The molecule has 4 rings (SSSR count). The number of rotatable bonds is 4. The van der Waals surface area contributed by atoms with E-state index in [4.69, 9.17) is 5.73 Å². The second-order valence-corrected chi connectivity index (χ2v) is 8.26. The number of hydrogen-bond donors (Lipinski definition) is 3. The normalized spacial score (nSPS) is 12.4. The van der Waals surface area contributed by atoms with Gasteiger partial charge in [0.25, 0.3) is 10.1 Å². The van der Waals surface area contributed by atoms with Gasteiger partial charge in [0.2, 0.25) is 0 Å². The summed E-state index contributed by atoms with van der Waals surface area (Å²) in [6, 6.07) is 9.18. The minimum atomic E-state index is -4.95. The molecule has 0 unspecified atom stereocenters. The van der Waals surface area contributed by atoms with Crippen LogP contribution in [0.4, 0.5) is 21.5 Å². The zero-order valence-corrected chi connectivity index (χ0v) is 19.7. The van der Waals surface area contributed by atoms with E-state index in [1.807, 2.05) is 0 Å². The van der Waals surface area contributed by atoms with Crippen LogP contribution in [-0.2, 0) is 10.1 Å². The molecule has 3 aromatic carbocycles. The molecule has 0 amide bonds. The van der Waals surface area contributed by atoms with Gasteiger partial charge in [-0.3, -0.25) is 14.1 Å². The van der Waals surface area contributed by atoms with Crippen LogP contribution in [0.2, 0.25) is 0 Å². The molecule has 1 aliphatic carbocycles. The molecule has 0 heterocycles. The molecule has 3 aromatic rings. The molecule has 0 saturated carbocycles. The maximum Gasteiger partial charge on any atom is 1.00 e. The van der Waals surface area contributed by atoms with E-state index >= 15 is 0 Å². The van der Waals surface area contributed by atoms with Gasteiger partial charge >= 0.3 is 29.6 Å². The van der Waals surface area contributed by atoms with Gasteiger partial charge in [0, 0.05) is 22.4 Å². The Morgan fingerprint density at radius 2 is 1.55 bits per heavy atom. The van der Waals surface area contributed by atoms with E-state index in [0.29, 0.717) is 6.07 Å². The van der Waals surface area contributed by atoms with Crippen LogP contribution in [0.3, 0.4) is 0 Å². The molecule has 9 nitrogen and oxygen atoms in total. The summed E-state index contributed by atoms with van der Waals surface area (Å²) in [5, 5.41) is 14.0. The van der Waals surface area contributed by atoms with Crippen molar-refractivity contribution in [2.45, 2.75) is 4.90 Å². The molecule has 0 spiro atoms. The fourth-order valence-electron chi connectivity index (χ4n) is 3.55. The first-order valence-corrected chi connectivity index (χ1v) is 10.3. The number of nitrogens with one attached hydrogen (secondary N) is 1. The molecule has 0 aliphatic heterocycles. The van der Waals surface area contributed by atoms with Gasteiger partial charge < -0.3 is 21.0 Å². The molecule has 12 heteroatoms. The number of nitrogens with two attached hydrogens (primary N) is 1. The number of ketones is 2. The third-order valence-corrected chi connectivity index (χ3v) is 5.84. The van der Waals surface area contributed by atoms with Gasteiger partial charge in [-0.25, -0.2) is 4.39 Å². The van der Waals surface area contributed by atoms with Crippen LogP contribution in [0.15, 0.2) is 53.4 Å². The number of benzene rings is 3. The van der Waals surface area contributed by atoms with Crippen molar-refractivity contribution in [3.63, 3.8) is 0 Å². The summed E-state index contributed by atoms with van der Waals surface area (Å²) in [4.78, 5) is 36.8. The summed E-state index contributed by atoms with van der Waals surface area (Å²) in [5.41, 5.74) is 3.22. The zero-order chi connectivity index (χ0) is 23.4. The molecule has 0 radical (unpaired) electrons. The number of carboxylic acids is 1. The van der Waals surface area contributed by atoms with E-state index in [9.17, 15) is 36.9 Å². The van der Waals surface area contributed by atoms with Crippen molar-refractivity contribution in [1.82, 2.24) is 0 Å². The predicted molar refractivity (Wildman–Crippen MR) is 108 cm³/mol. The van der Waals surface area contributed by atoms with Crippen molar-refractivity contribution >= 4 is 44.7 Å². The van der Waals surface area contributed by atoms with E-state index < -0.39 is 55.2 Å². The van der Waals surface area contributed by atoms with Crippen LogP contribution in [0.25, 0.3) is 0 Å². The molecule has 0 bridgehead atoms. The molecule has 0 saturated heterocycles. The molecule has 0 atom stereocenters. The number of fused-ring (bicyclic) bond motifs is 2. The number of anilines is 3. The van der Waals surface area contributed by atoms with Crippen molar-refractivity contribution in [2.24, 2.45) is 0 Å². The average molecular weight is 478 g/mol. The second-order valence-electron chi connectivity index (χ2n) is 6.87. The number of nitrogen functional groups attached to an aromatic ring is 1. The molecule has 162 valence electrons. The van der Waals surface area contributed by atoms with E-state index in [-0.39, 0.29) is 57.6 Å². The molecule has 0 fully saturated rings. The van der Waals surface area contributed by atoms with Crippen molar-refractivity contribution < 1.29 is 66.4 Å². The van der Waals surface area contributed by atoms with E-state index in [0.717, 1.165) is 18.2 Å². The first-order valence-electron chi connectivity index (χ1n) is 8.91. The topological polar surface area (TPSA) is 167 Å². The van der Waals surface area contributed by atoms with Gasteiger partial charge in [-0.2, -0.15) is 8.42 Å². The minimum absolute atomic E-state index is 0. The van der Waals surface area contributed by atoms with Gasteiger partial charge in [-0.05, 0) is 24.3 Å². The molecular formula is C21H12FN2NaO7S. The predicted octanol–water partition coefficient (Wildman–Crippen LogP) is -1.46. The third kappa shape index (κ3) is 4.16. The number of carboxylic acid groups (broad SMARTS) is 1. The number of halogens is 1. The SMILES string of the molecule is Nc1c(S(=O)(=O)O)cc(Nc2ccc(F)cc2C(=O)[O-])c2c1C(=O)c1ccccc1C2=O.[Na+]. The van der Waals surface area contributed by atoms with Gasteiger partial charge in [-0.1, -0.05) is 24.3 Å². The van der Waals surface area contributed by atoms with Gasteiger partial charge in [0.15, 0.2) is 11.6 Å². The van der Waals surface area contributed by atoms with Crippen LogP contribution >= 0.6 is 0 Å². The monoisotopic (exact) mass is 478 g/mol. The zero-order valence-electron chi connectivity index (χ0n) is 16.9. The van der Waals surface area contributed by atoms with Gasteiger partial charge in [0.1, 0.15) is 10.7 Å². The summed E-state index contributed by atoms with van der Waals surface area (Å²) in [6.07, 6.45) is 0. The van der Waals surface area contributed by atoms with Crippen LogP contribution < -0.4 is 45.7 Å². The fourth-order valence-corrected chi connectivity index (χ4v) is 4.19. The molecule has 33 heavy (non-hydrogen) atoms. The first kappa shape index (κ1) is 24.6. The van der Waals surface area contributed by atoms with Crippen molar-refractivity contribution in [1.29, 1.82) is 0 Å². The van der Waals surface area contributed by atoms with Crippen LogP contribution in [0, 0.1) is 5.82 Å². The summed E-state index contributed by atoms with van der Waals surface area (Å²) >= 11 is 0. The Balaban J connectivity index is 0.00000306. The van der Waals surface area contributed by atoms with Crippen LogP contribution in [-0.4, -0.2) is 30.5 Å². The van der Waals surface area contributed by atoms with Crippen molar-refractivity contribution in [3.05, 3.63) is 82.2 Å². The molecule has 0 aromatic heterocycles. The third-order valence-electron chi connectivity index (χ3n) is 4.95. The Labute approximate surface area is 208 Å². The number of carbonyl (C=O) groups is 3. The van der Waals surface area contributed by atoms with Gasteiger partial charge in [-0.15, -0.1) is 0 Å². The largest absolute Gasteiger partial charge is 1.00 e. The summed E-state index contributed by atoms with van der Waals surface area (Å²) < 4.78 is 46.9. The van der Waals surface area contributed by atoms with E-state index in [1.165, 1.54) is 24.3 Å². The molecule has 1 aliphatic rings. The minimum Gasteiger partial charge on any atom is -0.545 e. The Morgan fingerprint density at radius 3 is 2.09 bits per heavy atom. The van der Waals surface area contributed by atoms with E-state index in [2.05, 4.69) is 5.32 Å². The van der Waals surface area contributed by atoms with Crippen molar-refractivity contribution in [2.75, 3.05) is 11.1 Å². The first-order chi connectivity index (χ1) is 15.0. The maximum atomic E-state index is 13.5. The maximum absolute atomic E-state index is 13.5. The summed E-state index contributed by atoms with van der Waals surface area (Å²) in [7, 11) is -4.95. The number of hydrogen-bond acceptors (Lipinski definition) is 8. The Kier molecular flexibility index (Phi) is 6.46. The van der Waals surface area contributed by atoms with Crippen LogP contribution in [0.1, 0.15) is 42.2 Å². The summed E-state index contributed by atoms with van der Waals surface area (Å²) in [6.45, 7) is 0.